The van der Waals surface area contributed by atoms with Gasteiger partial charge in [-0.25, -0.2) is 0 Å². The summed E-state index contributed by atoms with van der Waals surface area (Å²) in [6, 6.07) is 16.6. The molecule has 0 radical (unpaired) electrons. The van der Waals surface area contributed by atoms with Crippen molar-refractivity contribution in [2.45, 2.75) is 0 Å². The number of ketones is 1. The highest BCUT2D eigenvalue weighted by molar-refractivity contribution is 9.10. The Labute approximate surface area is 126 Å². The van der Waals surface area contributed by atoms with Gasteiger partial charge < -0.3 is 4.90 Å². The van der Waals surface area contributed by atoms with Crippen molar-refractivity contribution in [2.24, 2.45) is 0 Å². The van der Waals surface area contributed by atoms with Crippen LogP contribution < -0.4 is 4.90 Å². The number of Topliss-reactive ketones (excluding diaryl/α,β-unsaturated/α-hetero) is 1. The Bertz CT molecular complexity index is 659. The van der Waals surface area contributed by atoms with Crippen LogP contribution in [-0.2, 0) is 0 Å². The molecular formula is C16H13BrN2O. The summed E-state index contributed by atoms with van der Waals surface area (Å²) in [4.78, 5) is 14.1. The Morgan fingerprint density at radius 1 is 1.25 bits per heavy atom. The minimum atomic E-state index is 0.0539. The van der Waals surface area contributed by atoms with E-state index in [4.69, 9.17) is 5.26 Å². The van der Waals surface area contributed by atoms with E-state index in [9.17, 15) is 4.79 Å². The molecule has 0 unspecified atom stereocenters. The summed E-state index contributed by atoms with van der Waals surface area (Å²) in [5.41, 5.74) is 2.20. The molecule has 0 aliphatic heterocycles. The minimum absolute atomic E-state index is 0.0539. The molecule has 100 valence electrons. The number of likely N-dealkylation sites (N-methyl/N-ethyl adjacent to an activating group) is 1. The lowest BCUT2D eigenvalue weighted by Crippen LogP contribution is -2.25. The molecule has 4 heteroatoms. The summed E-state index contributed by atoms with van der Waals surface area (Å²) in [6.07, 6.45) is 0. The zero-order chi connectivity index (χ0) is 14.5. The molecule has 0 saturated carbocycles. The molecule has 0 spiro atoms. The normalized spacial score (nSPS) is 9.85. The first kappa shape index (κ1) is 14.3. The molecule has 0 atom stereocenters. The predicted molar refractivity (Wildman–Crippen MR) is 82.9 cm³/mol. The lowest BCUT2D eigenvalue weighted by molar-refractivity contribution is 0.100. The van der Waals surface area contributed by atoms with Gasteiger partial charge in [0.1, 0.15) is 0 Å². The topological polar surface area (TPSA) is 44.1 Å². The third-order valence-electron chi connectivity index (χ3n) is 2.96. The molecule has 2 rings (SSSR count). The van der Waals surface area contributed by atoms with Crippen LogP contribution >= 0.6 is 15.9 Å². The van der Waals surface area contributed by atoms with Gasteiger partial charge in [-0.1, -0.05) is 28.1 Å². The summed E-state index contributed by atoms with van der Waals surface area (Å²) in [5, 5.41) is 8.77. The maximum Gasteiger partial charge on any atom is 0.182 e. The molecule has 0 aliphatic carbocycles. The van der Waals surface area contributed by atoms with Crippen LogP contribution in [0.2, 0.25) is 0 Å². The molecule has 0 aliphatic rings. The van der Waals surface area contributed by atoms with Gasteiger partial charge >= 0.3 is 0 Å². The number of carbonyl (C=O) groups excluding carboxylic acids is 1. The smallest absolute Gasteiger partial charge is 0.182 e. The summed E-state index contributed by atoms with van der Waals surface area (Å²) >= 11 is 3.36. The molecule has 0 aromatic heterocycles. The average molecular weight is 329 g/mol. The van der Waals surface area contributed by atoms with E-state index in [1.165, 1.54) is 0 Å². The number of halogens is 1. The first-order valence-corrected chi connectivity index (χ1v) is 6.89. The zero-order valence-electron chi connectivity index (χ0n) is 11.0. The van der Waals surface area contributed by atoms with Crippen molar-refractivity contribution in [1.82, 2.24) is 0 Å². The second kappa shape index (κ2) is 6.36. The summed E-state index contributed by atoms with van der Waals surface area (Å²) < 4.78 is 0.893. The second-order valence-electron chi connectivity index (χ2n) is 4.45. The number of anilines is 1. The average Bonchev–Trinajstić information content (AvgIpc) is 2.47. The van der Waals surface area contributed by atoms with Crippen LogP contribution in [0.15, 0.2) is 53.0 Å². The summed E-state index contributed by atoms with van der Waals surface area (Å²) in [7, 11) is 1.86. The predicted octanol–water partition coefficient (Wildman–Crippen LogP) is 3.64. The minimum Gasteiger partial charge on any atom is -0.367 e. The van der Waals surface area contributed by atoms with Crippen LogP contribution in [0.5, 0.6) is 0 Å². The Hall–Kier alpha value is -2.12. The number of benzene rings is 2. The first-order chi connectivity index (χ1) is 9.60. The number of hydrogen-bond acceptors (Lipinski definition) is 3. The van der Waals surface area contributed by atoms with Gasteiger partial charge in [0, 0.05) is 22.8 Å². The third-order valence-corrected chi connectivity index (χ3v) is 3.46. The molecule has 20 heavy (non-hydrogen) atoms. The maximum atomic E-state index is 12.2. The zero-order valence-corrected chi connectivity index (χ0v) is 12.6. The van der Waals surface area contributed by atoms with Gasteiger partial charge in [-0.2, -0.15) is 5.26 Å². The Morgan fingerprint density at radius 3 is 2.55 bits per heavy atom. The fourth-order valence-corrected chi connectivity index (χ4v) is 2.25. The van der Waals surface area contributed by atoms with E-state index in [0.29, 0.717) is 17.7 Å². The molecule has 3 nitrogen and oxygen atoms in total. The van der Waals surface area contributed by atoms with Gasteiger partial charge in [-0.05, 0) is 36.4 Å². The van der Waals surface area contributed by atoms with Crippen LogP contribution in [0, 0.1) is 11.3 Å². The Kier molecular flexibility index (Phi) is 4.54. The van der Waals surface area contributed by atoms with E-state index in [1.54, 1.807) is 18.2 Å². The van der Waals surface area contributed by atoms with E-state index in [1.807, 2.05) is 42.3 Å². The van der Waals surface area contributed by atoms with Crippen LogP contribution in [0.4, 0.5) is 5.69 Å². The molecule has 0 bridgehead atoms. The van der Waals surface area contributed by atoms with Crippen LogP contribution in [0.25, 0.3) is 0 Å². The number of nitrogens with zero attached hydrogens (tertiary/aromatic N) is 2. The van der Waals surface area contributed by atoms with Crippen molar-refractivity contribution in [1.29, 1.82) is 5.26 Å². The lowest BCUT2D eigenvalue weighted by atomic mass is 10.1. The monoisotopic (exact) mass is 328 g/mol. The van der Waals surface area contributed by atoms with Crippen LogP contribution in [0.3, 0.4) is 0 Å². The Balaban J connectivity index is 2.09. The van der Waals surface area contributed by atoms with Gasteiger partial charge in [0.2, 0.25) is 0 Å². The molecular weight excluding hydrogens is 316 g/mol. The largest absolute Gasteiger partial charge is 0.367 e. The standard InChI is InChI=1S/C16H13BrN2O/c1-19(15-7-5-12(10-18)6-8-15)11-16(20)13-3-2-4-14(17)9-13/h2-9H,11H2,1H3. The van der Waals surface area contributed by atoms with Gasteiger partial charge in [-0.3, -0.25) is 4.79 Å². The number of carbonyl (C=O) groups is 1. The fraction of sp³-hybridized carbons (Fsp3) is 0.125. The van der Waals surface area contributed by atoms with Crippen molar-refractivity contribution < 1.29 is 4.79 Å². The third kappa shape index (κ3) is 3.46. The van der Waals surface area contributed by atoms with Crippen molar-refractivity contribution in [3.05, 3.63) is 64.1 Å². The SMILES string of the molecule is CN(CC(=O)c1cccc(Br)c1)c1ccc(C#N)cc1. The van der Waals surface area contributed by atoms with Crippen molar-refractivity contribution in [3.63, 3.8) is 0 Å². The number of hydrogen-bond donors (Lipinski definition) is 0. The maximum absolute atomic E-state index is 12.2. The summed E-state index contributed by atoms with van der Waals surface area (Å²) in [6.45, 7) is 0.294. The highest BCUT2D eigenvalue weighted by Crippen LogP contribution is 2.16. The molecule has 2 aromatic carbocycles. The fourth-order valence-electron chi connectivity index (χ4n) is 1.85. The van der Waals surface area contributed by atoms with Gasteiger partial charge in [0.05, 0.1) is 18.2 Å². The van der Waals surface area contributed by atoms with Gasteiger partial charge in [0.15, 0.2) is 5.78 Å². The van der Waals surface area contributed by atoms with E-state index in [2.05, 4.69) is 22.0 Å². The Morgan fingerprint density at radius 2 is 1.95 bits per heavy atom. The highest BCUT2D eigenvalue weighted by Gasteiger charge is 2.10. The number of nitriles is 1. The molecule has 2 aromatic rings. The molecule has 0 saturated heterocycles. The van der Waals surface area contributed by atoms with Crippen molar-refractivity contribution >= 4 is 27.4 Å². The molecule has 0 amide bonds. The van der Waals surface area contributed by atoms with Gasteiger partial charge in [-0.15, -0.1) is 0 Å². The highest BCUT2D eigenvalue weighted by atomic mass is 79.9. The van der Waals surface area contributed by atoms with E-state index >= 15 is 0 Å². The van der Waals surface area contributed by atoms with E-state index in [-0.39, 0.29) is 5.78 Å². The summed E-state index contributed by atoms with van der Waals surface area (Å²) in [5.74, 6) is 0.0539. The quantitative estimate of drug-likeness (QED) is 0.805. The van der Waals surface area contributed by atoms with Crippen LogP contribution in [-0.4, -0.2) is 19.4 Å². The lowest BCUT2D eigenvalue weighted by Gasteiger charge is -2.18. The molecule has 0 heterocycles. The van der Waals surface area contributed by atoms with Crippen molar-refractivity contribution in [3.8, 4) is 6.07 Å². The second-order valence-corrected chi connectivity index (χ2v) is 5.36. The molecule has 0 fully saturated rings. The van der Waals surface area contributed by atoms with Gasteiger partial charge in [0.25, 0.3) is 0 Å². The van der Waals surface area contributed by atoms with E-state index < -0.39 is 0 Å². The first-order valence-electron chi connectivity index (χ1n) is 6.10. The van der Waals surface area contributed by atoms with E-state index in [0.717, 1.165) is 10.2 Å². The van der Waals surface area contributed by atoms with Crippen LogP contribution in [0.1, 0.15) is 15.9 Å². The van der Waals surface area contributed by atoms with Crippen molar-refractivity contribution in [2.75, 3.05) is 18.5 Å². The number of rotatable bonds is 4. The molecule has 0 N–H and O–H groups in total.